The van der Waals surface area contributed by atoms with E-state index in [-0.39, 0.29) is 11.8 Å². The van der Waals surface area contributed by atoms with Gasteiger partial charge in [-0.05, 0) is 37.5 Å². The molecule has 0 heterocycles. The van der Waals surface area contributed by atoms with Crippen molar-refractivity contribution < 1.29 is 9.59 Å². The molecule has 0 unspecified atom stereocenters. The zero-order chi connectivity index (χ0) is 16.3. The molecule has 0 atom stereocenters. The molecule has 1 fully saturated rings. The second kappa shape index (κ2) is 6.38. The summed E-state index contributed by atoms with van der Waals surface area (Å²) in [6, 6.07) is 5.29. The molecule has 2 amide bonds. The van der Waals surface area contributed by atoms with E-state index >= 15 is 0 Å². The highest BCUT2D eigenvalue weighted by atomic mass is 16.2. The summed E-state index contributed by atoms with van der Waals surface area (Å²) in [7, 11) is 3.54. The Labute approximate surface area is 131 Å². The van der Waals surface area contributed by atoms with Gasteiger partial charge in [-0.15, -0.1) is 0 Å². The van der Waals surface area contributed by atoms with Crippen molar-refractivity contribution in [3.05, 3.63) is 29.3 Å². The quantitative estimate of drug-likeness (QED) is 0.835. The van der Waals surface area contributed by atoms with E-state index in [2.05, 4.69) is 5.32 Å². The molecule has 5 heteroatoms. The molecule has 0 saturated heterocycles. The van der Waals surface area contributed by atoms with Gasteiger partial charge >= 0.3 is 0 Å². The maximum atomic E-state index is 12.5. The lowest BCUT2D eigenvalue weighted by Gasteiger charge is -2.30. The fourth-order valence-electron chi connectivity index (χ4n) is 3.22. The lowest BCUT2D eigenvalue weighted by Crippen LogP contribution is -2.46. The minimum absolute atomic E-state index is 0.106. The predicted octanol–water partition coefficient (Wildman–Crippen LogP) is 1.96. The minimum Gasteiger partial charge on any atom is -0.399 e. The summed E-state index contributed by atoms with van der Waals surface area (Å²) in [6.07, 6.45) is 3.74. The van der Waals surface area contributed by atoms with E-state index in [4.69, 9.17) is 5.73 Å². The third-order valence-corrected chi connectivity index (χ3v) is 4.51. The van der Waals surface area contributed by atoms with Crippen molar-refractivity contribution in [2.24, 2.45) is 5.41 Å². The van der Waals surface area contributed by atoms with Gasteiger partial charge < -0.3 is 16.0 Å². The zero-order valence-electron chi connectivity index (χ0n) is 13.6. The molecular formula is C17H25N3O2. The molecule has 3 N–H and O–H groups in total. The molecule has 5 nitrogen and oxygen atoms in total. The summed E-state index contributed by atoms with van der Waals surface area (Å²) in [4.78, 5) is 26.5. The highest BCUT2D eigenvalue weighted by Crippen LogP contribution is 2.39. The Bertz CT molecular complexity index is 575. The fourth-order valence-corrected chi connectivity index (χ4v) is 3.22. The maximum Gasteiger partial charge on any atom is 0.251 e. The first kappa shape index (κ1) is 16.3. The van der Waals surface area contributed by atoms with Crippen LogP contribution in [0.4, 0.5) is 5.69 Å². The van der Waals surface area contributed by atoms with E-state index in [0.717, 1.165) is 31.2 Å². The van der Waals surface area contributed by atoms with Crippen molar-refractivity contribution in [1.29, 1.82) is 0 Å². The lowest BCUT2D eigenvalue weighted by atomic mass is 9.84. The van der Waals surface area contributed by atoms with E-state index < -0.39 is 5.41 Å². The second-order valence-corrected chi connectivity index (χ2v) is 6.44. The number of rotatable bonds is 4. The summed E-state index contributed by atoms with van der Waals surface area (Å²) in [5, 5.41) is 2.94. The Balaban J connectivity index is 2.11. The molecule has 2 rings (SSSR count). The number of carbonyl (C=O) groups excluding carboxylic acids is 2. The van der Waals surface area contributed by atoms with Crippen LogP contribution in [-0.2, 0) is 4.79 Å². The van der Waals surface area contributed by atoms with Gasteiger partial charge in [0, 0.05) is 31.9 Å². The van der Waals surface area contributed by atoms with Crippen LogP contribution in [0.2, 0.25) is 0 Å². The average molecular weight is 303 g/mol. The molecule has 0 bridgehead atoms. The van der Waals surface area contributed by atoms with Crippen LogP contribution in [0.5, 0.6) is 0 Å². The summed E-state index contributed by atoms with van der Waals surface area (Å²) in [5.41, 5.74) is 7.33. The van der Waals surface area contributed by atoms with Gasteiger partial charge in [-0.2, -0.15) is 0 Å². The number of nitrogens with zero attached hydrogens (tertiary/aromatic N) is 1. The molecule has 1 saturated carbocycles. The highest BCUT2D eigenvalue weighted by molar-refractivity contribution is 5.97. The largest absolute Gasteiger partial charge is 0.399 e. The van der Waals surface area contributed by atoms with Crippen molar-refractivity contribution in [3.63, 3.8) is 0 Å². The van der Waals surface area contributed by atoms with Crippen LogP contribution in [0.25, 0.3) is 0 Å². The van der Waals surface area contributed by atoms with Crippen LogP contribution in [0.3, 0.4) is 0 Å². The van der Waals surface area contributed by atoms with Gasteiger partial charge in [0.05, 0.1) is 5.41 Å². The van der Waals surface area contributed by atoms with Gasteiger partial charge in [0.2, 0.25) is 5.91 Å². The van der Waals surface area contributed by atoms with E-state index in [1.165, 1.54) is 0 Å². The number of anilines is 1. The monoisotopic (exact) mass is 303 g/mol. The Kier molecular flexibility index (Phi) is 4.74. The zero-order valence-corrected chi connectivity index (χ0v) is 13.6. The third-order valence-electron chi connectivity index (χ3n) is 4.51. The molecule has 0 spiro atoms. The molecule has 1 aromatic carbocycles. The number of hydrogen-bond acceptors (Lipinski definition) is 3. The lowest BCUT2D eigenvalue weighted by molar-refractivity contribution is -0.138. The van der Waals surface area contributed by atoms with Crippen molar-refractivity contribution in [1.82, 2.24) is 10.2 Å². The first-order valence-electron chi connectivity index (χ1n) is 7.72. The Morgan fingerprint density at radius 3 is 2.50 bits per heavy atom. The number of carbonyl (C=O) groups is 2. The summed E-state index contributed by atoms with van der Waals surface area (Å²) in [5.74, 6) is -0.0581. The van der Waals surface area contributed by atoms with Crippen LogP contribution in [0, 0.1) is 12.3 Å². The van der Waals surface area contributed by atoms with Crippen molar-refractivity contribution in [2.45, 2.75) is 32.6 Å². The number of hydrogen-bond donors (Lipinski definition) is 2. The SMILES string of the molecule is Cc1ccc(N)cc1C(=O)NCC1(C(=O)N(C)C)CCCC1. The molecule has 0 radical (unpaired) electrons. The molecule has 0 aromatic heterocycles. The normalized spacial score (nSPS) is 16.3. The van der Waals surface area contributed by atoms with E-state index in [1.54, 1.807) is 31.1 Å². The van der Waals surface area contributed by atoms with Gasteiger partial charge in [0.1, 0.15) is 0 Å². The van der Waals surface area contributed by atoms with Crippen LogP contribution >= 0.6 is 0 Å². The van der Waals surface area contributed by atoms with Crippen LogP contribution < -0.4 is 11.1 Å². The maximum absolute atomic E-state index is 12.5. The number of benzene rings is 1. The summed E-state index contributed by atoms with van der Waals surface area (Å²) >= 11 is 0. The molecule has 22 heavy (non-hydrogen) atoms. The molecule has 120 valence electrons. The van der Waals surface area contributed by atoms with Crippen LogP contribution in [0.1, 0.15) is 41.6 Å². The van der Waals surface area contributed by atoms with Crippen LogP contribution in [-0.4, -0.2) is 37.4 Å². The van der Waals surface area contributed by atoms with Gasteiger partial charge in [-0.3, -0.25) is 9.59 Å². The second-order valence-electron chi connectivity index (χ2n) is 6.44. The third kappa shape index (κ3) is 3.24. The van der Waals surface area contributed by atoms with Crippen molar-refractivity contribution in [3.8, 4) is 0 Å². The van der Waals surface area contributed by atoms with E-state index in [0.29, 0.717) is 17.8 Å². The number of nitrogens with two attached hydrogens (primary N) is 1. The molecule has 1 aromatic rings. The number of aryl methyl sites for hydroxylation is 1. The van der Waals surface area contributed by atoms with E-state index in [9.17, 15) is 9.59 Å². The first-order chi connectivity index (χ1) is 10.4. The predicted molar refractivity (Wildman–Crippen MR) is 87.5 cm³/mol. The fraction of sp³-hybridized carbons (Fsp3) is 0.529. The standard InChI is InChI=1S/C17H25N3O2/c1-12-6-7-13(18)10-14(12)15(21)19-11-17(8-4-5-9-17)16(22)20(2)3/h6-7,10H,4-5,8-9,11,18H2,1-3H3,(H,19,21). The smallest absolute Gasteiger partial charge is 0.251 e. The van der Waals surface area contributed by atoms with Crippen LogP contribution in [0.15, 0.2) is 18.2 Å². The van der Waals surface area contributed by atoms with Gasteiger partial charge in [-0.25, -0.2) is 0 Å². The number of amides is 2. The van der Waals surface area contributed by atoms with Gasteiger partial charge in [-0.1, -0.05) is 18.9 Å². The van der Waals surface area contributed by atoms with Crippen molar-refractivity contribution >= 4 is 17.5 Å². The van der Waals surface area contributed by atoms with Gasteiger partial charge in [0.25, 0.3) is 5.91 Å². The number of nitrogen functional groups attached to an aromatic ring is 1. The molecule has 1 aliphatic rings. The Morgan fingerprint density at radius 1 is 1.27 bits per heavy atom. The highest BCUT2D eigenvalue weighted by Gasteiger charge is 2.42. The Hall–Kier alpha value is -2.04. The molecular weight excluding hydrogens is 278 g/mol. The first-order valence-corrected chi connectivity index (χ1v) is 7.72. The van der Waals surface area contributed by atoms with Crippen molar-refractivity contribution in [2.75, 3.05) is 26.4 Å². The Morgan fingerprint density at radius 2 is 1.91 bits per heavy atom. The topological polar surface area (TPSA) is 75.4 Å². The summed E-state index contributed by atoms with van der Waals surface area (Å²) in [6.45, 7) is 2.27. The molecule has 0 aliphatic heterocycles. The number of nitrogens with one attached hydrogen (secondary N) is 1. The molecule has 1 aliphatic carbocycles. The average Bonchev–Trinajstić information content (AvgIpc) is 2.96. The minimum atomic E-state index is -0.451. The van der Waals surface area contributed by atoms with Gasteiger partial charge in [0.15, 0.2) is 0 Å². The summed E-state index contributed by atoms with van der Waals surface area (Å²) < 4.78 is 0. The van der Waals surface area contributed by atoms with E-state index in [1.807, 2.05) is 13.0 Å².